The van der Waals surface area contributed by atoms with Crippen LogP contribution in [0, 0.1) is 0 Å². The van der Waals surface area contributed by atoms with Crippen molar-refractivity contribution < 1.29 is 19.2 Å². The maximum absolute atomic E-state index is 13.1. The molecule has 1 aromatic heterocycles. The fourth-order valence-electron chi connectivity index (χ4n) is 2.91. The minimum atomic E-state index is -0.189. The van der Waals surface area contributed by atoms with Crippen LogP contribution in [0.5, 0.6) is 0 Å². The summed E-state index contributed by atoms with van der Waals surface area (Å²) in [6.45, 7) is 8.68. The fourth-order valence-corrected chi connectivity index (χ4v) is 4.45. The number of ether oxygens (including phenoxy) is 2. The third kappa shape index (κ3) is 4.75. The Morgan fingerprint density at radius 1 is 1.33 bits per heavy atom. The molecule has 0 fully saturated rings. The SMILES string of the molecule is CC[NH+](CC)CCN(C(=O)C1=COCCO1)c1nc2ccc(SC)cc2s1. The summed E-state index contributed by atoms with van der Waals surface area (Å²) in [6, 6.07) is 6.20. The van der Waals surface area contributed by atoms with Crippen LogP contribution < -0.4 is 9.80 Å². The van der Waals surface area contributed by atoms with E-state index in [4.69, 9.17) is 14.5 Å². The van der Waals surface area contributed by atoms with Crippen LogP contribution in [0.25, 0.3) is 10.2 Å². The van der Waals surface area contributed by atoms with E-state index in [-0.39, 0.29) is 11.7 Å². The van der Waals surface area contributed by atoms with Crippen LogP contribution in [0.4, 0.5) is 5.13 Å². The summed E-state index contributed by atoms with van der Waals surface area (Å²) >= 11 is 3.24. The number of aromatic nitrogens is 1. The van der Waals surface area contributed by atoms with Crippen molar-refractivity contribution in [2.45, 2.75) is 18.7 Å². The molecule has 0 atom stereocenters. The van der Waals surface area contributed by atoms with Gasteiger partial charge >= 0.3 is 0 Å². The van der Waals surface area contributed by atoms with Crippen molar-refractivity contribution >= 4 is 44.4 Å². The Hall–Kier alpha value is -1.77. The van der Waals surface area contributed by atoms with E-state index < -0.39 is 0 Å². The monoisotopic (exact) mass is 408 g/mol. The van der Waals surface area contributed by atoms with Gasteiger partial charge in [0.25, 0.3) is 5.91 Å². The molecule has 1 aliphatic heterocycles. The quantitative estimate of drug-likeness (QED) is 0.679. The number of fused-ring (bicyclic) bond motifs is 1. The van der Waals surface area contributed by atoms with Gasteiger partial charge in [0.2, 0.25) is 5.76 Å². The van der Waals surface area contributed by atoms with Crippen LogP contribution in [0.15, 0.2) is 35.1 Å². The molecule has 0 aliphatic carbocycles. The summed E-state index contributed by atoms with van der Waals surface area (Å²) < 4.78 is 11.9. The smallest absolute Gasteiger partial charge is 0.298 e. The first-order chi connectivity index (χ1) is 13.2. The van der Waals surface area contributed by atoms with Gasteiger partial charge in [0.1, 0.15) is 19.5 Å². The number of hydrogen-bond donors (Lipinski definition) is 1. The number of carbonyl (C=O) groups is 1. The van der Waals surface area contributed by atoms with Gasteiger partial charge in [0.15, 0.2) is 5.13 Å². The first kappa shape index (κ1) is 20.0. The average molecular weight is 409 g/mol. The van der Waals surface area contributed by atoms with Crippen LogP contribution in [0.2, 0.25) is 0 Å². The van der Waals surface area contributed by atoms with Crippen LogP contribution in [0.1, 0.15) is 13.8 Å². The van der Waals surface area contributed by atoms with Crippen molar-refractivity contribution in [1.29, 1.82) is 0 Å². The zero-order chi connectivity index (χ0) is 19.2. The Labute approximate surface area is 168 Å². The molecule has 0 saturated heterocycles. The number of nitrogens with zero attached hydrogens (tertiary/aromatic N) is 2. The number of anilines is 1. The molecule has 146 valence electrons. The highest BCUT2D eigenvalue weighted by molar-refractivity contribution is 7.98. The number of thiazole rings is 1. The van der Waals surface area contributed by atoms with E-state index in [1.54, 1.807) is 28.0 Å². The lowest BCUT2D eigenvalue weighted by molar-refractivity contribution is -0.894. The van der Waals surface area contributed by atoms with Gasteiger partial charge in [-0.1, -0.05) is 11.3 Å². The molecular weight excluding hydrogens is 382 g/mol. The molecule has 0 saturated carbocycles. The fraction of sp³-hybridized carbons (Fsp3) is 0.474. The number of rotatable bonds is 8. The molecule has 3 rings (SSSR count). The van der Waals surface area contributed by atoms with Crippen molar-refractivity contribution in [2.24, 2.45) is 0 Å². The maximum atomic E-state index is 13.1. The Morgan fingerprint density at radius 3 is 2.81 bits per heavy atom. The molecule has 1 aliphatic rings. The molecule has 27 heavy (non-hydrogen) atoms. The number of quaternary nitrogens is 1. The van der Waals surface area contributed by atoms with E-state index >= 15 is 0 Å². The zero-order valence-corrected chi connectivity index (χ0v) is 17.6. The second kappa shape index (κ2) is 9.43. The van der Waals surface area contributed by atoms with Gasteiger partial charge in [-0.05, 0) is 38.3 Å². The molecule has 1 N–H and O–H groups in total. The summed E-state index contributed by atoms with van der Waals surface area (Å²) in [4.78, 5) is 22.2. The lowest BCUT2D eigenvalue weighted by atomic mass is 10.3. The van der Waals surface area contributed by atoms with E-state index in [9.17, 15) is 4.79 Å². The third-order valence-electron chi connectivity index (χ3n) is 4.61. The van der Waals surface area contributed by atoms with Crippen LogP contribution >= 0.6 is 23.1 Å². The number of likely N-dealkylation sites (N-methyl/N-ethyl adjacent to an activating group) is 1. The maximum Gasteiger partial charge on any atom is 0.298 e. The van der Waals surface area contributed by atoms with Crippen molar-refractivity contribution in [2.75, 3.05) is 50.5 Å². The van der Waals surface area contributed by atoms with Crippen LogP contribution in [-0.2, 0) is 14.3 Å². The highest BCUT2D eigenvalue weighted by Crippen LogP contribution is 2.32. The summed E-state index contributed by atoms with van der Waals surface area (Å²) in [5.41, 5.74) is 0.913. The van der Waals surface area contributed by atoms with E-state index in [2.05, 4.69) is 32.2 Å². The standard InChI is InChI=1S/C19H25N3O3S2/c1-4-21(5-2)8-9-22(18(23)16-13-24-10-11-25-16)19-20-15-7-6-14(26-3)12-17(15)27-19/h6-7,12-13H,4-5,8-11H2,1-3H3/p+1. The molecule has 2 heterocycles. The summed E-state index contributed by atoms with van der Waals surface area (Å²) in [7, 11) is 0. The van der Waals surface area contributed by atoms with Crippen LogP contribution in [0.3, 0.4) is 0 Å². The number of hydrogen-bond acceptors (Lipinski definition) is 6. The average Bonchev–Trinajstić information content (AvgIpc) is 3.14. The predicted octanol–water partition coefficient (Wildman–Crippen LogP) is 2.16. The number of nitrogens with one attached hydrogen (secondary N) is 1. The molecule has 8 heteroatoms. The van der Waals surface area contributed by atoms with Gasteiger partial charge in [0, 0.05) is 4.90 Å². The van der Waals surface area contributed by atoms with Gasteiger partial charge in [-0.15, -0.1) is 11.8 Å². The lowest BCUT2D eigenvalue weighted by Crippen LogP contribution is -3.12. The Morgan fingerprint density at radius 2 is 2.15 bits per heavy atom. The zero-order valence-electron chi connectivity index (χ0n) is 16.0. The Balaban J connectivity index is 1.90. The number of amides is 1. The molecule has 0 spiro atoms. The summed E-state index contributed by atoms with van der Waals surface area (Å²) in [5, 5.41) is 0.704. The molecule has 0 bridgehead atoms. The van der Waals surface area contributed by atoms with Gasteiger partial charge < -0.3 is 14.4 Å². The van der Waals surface area contributed by atoms with E-state index in [1.165, 1.54) is 16.1 Å². The topological polar surface area (TPSA) is 56.1 Å². The lowest BCUT2D eigenvalue weighted by Gasteiger charge is -2.24. The molecular formula is C19H26N3O3S2+. The van der Waals surface area contributed by atoms with E-state index in [0.717, 1.165) is 29.9 Å². The normalized spacial score (nSPS) is 14.0. The summed E-state index contributed by atoms with van der Waals surface area (Å²) in [6.07, 6.45) is 3.47. The molecule has 2 aromatic rings. The minimum absolute atomic E-state index is 0.189. The number of benzene rings is 1. The van der Waals surface area contributed by atoms with E-state index in [0.29, 0.717) is 24.9 Å². The van der Waals surface area contributed by atoms with Gasteiger partial charge in [-0.2, -0.15) is 0 Å². The van der Waals surface area contributed by atoms with Crippen molar-refractivity contribution in [3.8, 4) is 0 Å². The van der Waals surface area contributed by atoms with E-state index in [1.807, 2.05) is 6.07 Å². The second-order valence-electron chi connectivity index (χ2n) is 6.20. The first-order valence-electron chi connectivity index (χ1n) is 9.20. The highest BCUT2D eigenvalue weighted by Gasteiger charge is 2.27. The third-order valence-corrected chi connectivity index (χ3v) is 6.38. The minimum Gasteiger partial charge on any atom is -0.494 e. The summed E-state index contributed by atoms with van der Waals surface area (Å²) in [5.74, 6) is 0.0604. The van der Waals surface area contributed by atoms with Crippen molar-refractivity contribution in [3.63, 3.8) is 0 Å². The Bertz CT molecular complexity index is 818. The predicted molar refractivity (Wildman–Crippen MR) is 111 cm³/mol. The number of carbonyl (C=O) groups excluding carboxylic acids is 1. The second-order valence-corrected chi connectivity index (χ2v) is 8.08. The molecule has 0 unspecified atom stereocenters. The van der Waals surface area contributed by atoms with Gasteiger partial charge in [-0.25, -0.2) is 4.98 Å². The molecule has 6 nitrogen and oxygen atoms in total. The largest absolute Gasteiger partial charge is 0.494 e. The highest BCUT2D eigenvalue weighted by atomic mass is 32.2. The molecule has 1 aromatic carbocycles. The van der Waals surface area contributed by atoms with Crippen LogP contribution in [-0.4, -0.2) is 56.5 Å². The van der Waals surface area contributed by atoms with Crippen molar-refractivity contribution in [3.05, 3.63) is 30.2 Å². The molecule has 0 radical (unpaired) electrons. The first-order valence-corrected chi connectivity index (χ1v) is 11.2. The van der Waals surface area contributed by atoms with Crippen molar-refractivity contribution in [1.82, 2.24) is 4.98 Å². The van der Waals surface area contributed by atoms with Gasteiger partial charge in [0.05, 0.1) is 36.4 Å². The number of thioether (sulfide) groups is 1. The Kier molecular flexibility index (Phi) is 6.98. The molecule has 1 amide bonds. The van der Waals surface area contributed by atoms with Gasteiger partial charge in [-0.3, -0.25) is 9.69 Å².